The van der Waals surface area contributed by atoms with E-state index in [0.717, 1.165) is 5.69 Å². The number of carbonyl (C=O) groups is 1. The Morgan fingerprint density at radius 1 is 1.47 bits per heavy atom. The third-order valence-electron chi connectivity index (χ3n) is 2.16. The van der Waals surface area contributed by atoms with Gasteiger partial charge in [-0.05, 0) is 25.1 Å². The third-order valence-corrected chi connectivity index (χ3v) is 2.16. The lowest BCUT2D eigenvalue weighted by molar-refractivity contribution is 0.103. The molecule has 0 aliphatic rings. The van der Waals surface area contributed by atoms with Crippen molar-refractivity contribution in [3.8, 4) is 0 Å². The normalized spacial score (nSPS) is 10.3. The molecule has 0 radical (unpaired) electrons. The molecule has 0 saturated carbocycles. The highest BCUT2D eigenvalue weighted by atomic mass is 16.1. The third kappa shape index (κ3) is 1.79. The molecule has 4 heteroatoms. The highest BCUT2D eigenvalue weighted by Crippen LogP contribution is 2.09. The van der Waals surface area contributed by atoms with Crippen LogP contribution < -0.4 is 0 Å². The van der Waals surface area contributed by atoms with E-state index < -0.39 is 0 Å². The van der Waals surface area contributed by atoms with Crippen molar-refractivity contribution < 1.29 is 4.79 Å². The zero-order chi connectivity index (χ0) is 10.8. The molecule has 0 atom stereocenters. The predicted molar refractivity (Wildman–Crippen MR) is 55.6 cm³/mol. The molecule has 0 aliphatic carbocycles. The van der Waals surface area contributed by atoms with Gasteiger partial charge in [-0.25, -0.2) is 0 Å². The monoisotopic (exact) mass is 201 g/mol. The van der Waals surface area contributed by atoms with Crippen molar-refractivity contribution in [2.24, 2.45) is 7.05 Å². The maximum atomic E-state index is 12.0. The standard InChI is InChI=1S/C11H11N3O/c1-8-6-10(14(2)13-8)11(15)9-4-3-5-12-7-9/h3-7H,1-2H3. The summed E-state index contributed by atoms with van der Waals surface area (Å²) in [6.07, 6.45) is 3.20. The number of hydrogen-bond donors (Lipinski definition) is 0. The lowest BCUT2D eigenvalue weighted by Gasteiger charge is -1.99. The second kappa shape index (κ2) is 3.65. The molecule has 2 heterocycles. The lowest BCUT2D eigenvalue weighted by atomic mass is 10.1. The second-order valence-electron chi connectivity index (χ2n) is 3.37. The van der Waals surface area contributed by atoms with Crippen LogP contribution in [-0.2, 0) is 7.05 Å². The van der Waals surface area contributed by atoms with Gasteiger partial charge < -0.3 is 0 Å². The average Bonchev–Trinajstić information content (AvgIpc) is 2.58. The predicted octanol–water partition coefficient (Wildman–Crippen LogP) is 1.35. The molecule has 2 rings (SSSR count). The first-order chi connectivity index (χ1) is 7.18. The van der Waals surface area contributed by atoms with Gasteiger partial charge in [0.25, 0.3) is 0 Å². The maximum absolute atomic E-state index is 12.0. The molecule has 0 N–H and O–H groups in total. The summed E-state index contributed by atoms with van der Waals surface area (Å²) >= 11 is 0. The van der Waals surface area contributed by atoms with Gasteiger partial charge in [0.15, 0.2) is 0 Å². The van der Waals surface area contributed by atoms with E-state index >= 15 is 0 Å². The summed E-state index contributed by atoms with van der Waals surface area (Å²) in [5.41, 5.74) is 2.01. The molecule has 2 aromatic rings. The smallest absolute Gasteiger partial charge is 0.212 e. The Morgan fingerprint density at radius 2 is 2.27 bits per heavy atom. The highest BCUT2D eigenvalue weighted by Gasteiger charge is 2.13. The summed E-state index contributed by atoms with van der Waals surface area (Å²) in [5.74, 6) is -0.0498. The van der Waals surface area contributed by atoms with E-state index in [1.807, 2.05) is 6.92 Å². The zero-order valence-electron chi connectivity index (χ0n) is 8.64. The Hall–Kier alpha value is -1.97. The van der Waals surface area contributed by atoms with Gasteiger partial charge in [-0.1, -0.05) is 0 Å². The van der Waals surface area contributed by atoms with E-state index in [2.05, 4.69) is 10.1 Å². The maximum Gasteiger partial charge on any atom is 0.212 e. The molecule has 0 aromatic carbocycles. The van der Waals surface area contributed by atoms with Crippen LogP contribution in [0, 0.1) is 6.92 Å². The minimum atomic E-state index is -0.0498. The summed E-state index contributed by atoms with van der Waals surface area (Å²) in [6.45, 7) is 1.86. The summed E-state index contributed by atoms with van der Waals surface area (Å²) in [4.78, 5) is 15.9. The molecule has 0 amide bonds. The number of hydrogen-bond acceptors (Lipinski definition) is 3. The van der Waals surface area contributed by atoms with Crippen LogP contribution in [0.3, 0.4) is 0 Å². The van der Waals surface area contributed by atoms with Gasteiger partial charge in [0, 0.05) is 25.0 Å². The average molecular weight is 201 g/mol. The molecule has 0 fully saturated rings. The van der Waals surface area contributed by atoms with Crippen molar-refractivity contribution in [1.29, 1.82) is 0 Å². The number of nitrogens with zero attached hydrogens (tertiary/aromatic N) is 3. The van der Waals surface area contributed by atoms with Gasteiger partial charge in [0.2, 0.25) is 5.78 Å². The van der Waals surface area contributed by atoms with E-state index in [0.29, 0.717) is 11.3 Å². The molecular weight excluding hydrogens is 190 g/mol. The van der Waals surface area contributed by atoms with Crippen LogP contribution in [-0.4, -0.2) is 20.5 Å². The van der Waals surface area contributed by atoms with Gasteiger partial charge in [0.1, 0.15) is 5.69 Å². The number of aromatic nitrogens is 3. The molecule has 4 nitrogen and oxygen atoms in total. The van der Waals surface area contributed by atoms with E-state index in [1.165, 1.54) is 0 Å². The van der Waals surface area contributed by atoms with Gasteiger partial charge >= 0.3 is 0 Å². The fourth-order valence-electron chi connectivity index (χ4n) is 1.47. The number of ketones is 1. The van der Waals surface area contributed by atoms with Crippen molar-refractivity contribution in [3.05, 3.63) is 47.5 Å². The molecular formula is C11H11N3O. The molecule has 15 heavy (non-hydrogen) atoms. The molecule has 0 spiro atoms. The first-order valence-corrected chi connectivity index (χ1v) is 4.64. The summed E-state index contributed by atoms with van der Waals surface area (Å²) < 4.78 is 1.59. The van der Waals surface area contributed by atoms with Crippen LogP contribution in [0.4, 0.5) is 0 Å². The number of aryl methyl sites for hydroxylation is 2. The minimum Gasteiger partial charge on any atom is -0.287 e. The Kier molecular flexibility index (Phi) is 2.33. The van der Waals surface area contributed by atoms with E-state index in [-0.39, 0.29) is 5.78 Å². The van der Waals surface area contributed by atoms with Crippen molar-refractivity contribution in [2.75, 3.05) is 0 Å². The van der Waals surface area contributed by atoms with Crippen molar-refractivity contribution in [3.63, 3.8) is 0 Å². The van der Waals surface area contributed by atoms with Gasteiger partial charge in [0.05, 0.1) is 5.69 Å². The van der Waals surface area contributed by atoms with Crippen LogP contribution >= 0.6 is 0 Å². The van der Waals surface area contributed by atoms with E-state index in [1.54, 1.807) is 42.3 Å². The molecule has 76 valence electrons. The first kappa shape index (κ1) is 9.58. The lowest BCUT2D eigenvalue weighted by Crippen LogP contribution is -2.08. The van der Waals surface area contributed by atoms with Crippen LogP contribution in [0.5, 0.6) is 0 Å². The summed E-state index contributed by atoms with van der Waals surface area (Å²) in [6, 6.07) is 5.27. The SMILES string of the molecule is Cc1cc(C(=O)c2cccnc2)n(C)n1. The topological polar surface area (TPSA) is 47.8 Å². The second-order valence-corrected chi connectivity index (χ2v) is 3.37. The van der Waals surface area contributed by atoms with Crippen LogP contribution in [0.1, 0.15) is 21.7 Å². The summed E-state index contributed by atoms with van der Waals surface area (Å²) in [5, 5.41) is 4.13. The summed E-state index contributed by atoms with van der Waals surface area (Å²) in [7, 11) is 1.76. The Labute approximate surface area is 87.6 Å². The van der Waals surface area contributed by atoms with E-state index in [4.69, 9.17) is 0 Å². The Bertz CT molecular complexity index is 488. The largest absolute Gasteiger partial charge is 0.287 e. The van der Waals surface area contributed by atoms with Gasteiger partial charge in [-0.3, -0.25) is 14.5 Å². The minimum absolute atomic E-state index is 0.0498. The molecule has 0 saturated heterocycles. The highest BCUT2D eigenvalue weighted by molar-refractivity contribution is 6.07. The van der Waals surface area contributed by atoms with Gasteiger partial charge in [-0.2, -0.15) is 5.10 Å². The van der Waals surface area contributed by atoms with Crippen LogP contribution in [0.25, 0.3) is 0 Å². The number of pyridine rings is 1. The van der Waals surface area contributed by atoms with Crippen molar-refractivity contribution in [2.45, 2.75) is 6.92 Å². The fraction of sp³-hybridized carbons (Fsp3) is 0.182. The van der Waals surface area contributed by atoms with Gasteiger partial charge in [-0.15, -0.1) is 0 Å². The zero-order valence-corrected chi connectivity index (χ0v) is 8.64. The molecule has 0 aliphatic heterocycles. The Morgan fingerprint density at radius 3 is 2.80 bits per heavy atom. The van der Waals surface area contributed by atoms with E-state index in [9.17, 15) is 4.79 Å². The number of rotatable bonds is 2. The number of carbonyl (C=O) groups excluding carboxylic acids is 1. The van der Waals surface area contributed by atoms with Crippen LogP contribution in [0.15, 0.2) is 30.6 Å². The molecule has 2 aromatic heterocycles. The Balaban J connectivity index is 2.41. The van der Waals surface area contributed by atoms with Crippen molar-refractivity contribution in [1.82, 2.24) is 14.8 Å². The first-order valence-electron chi connectivity index (χ1n) is 4.64. The van der Waals surface area contributed by atoms with Crippen LogP contribution in [0.2, 0.25) is 0 Å². The molecule has 0 unspecified atom stereocenters. The quantitative estimate of drug-likeness (QED) is 0.689. The van der Waals surface area contributed by atoms with Crippen molar-refractivity contribution >= 4 is 5.78 Å². The fourth-order valence-corrected chi connectivity index (χ4v) is 1.47. The molecule has 0 bridgehead atoms.